The molecule has 0 unspecified atom stereocenters. The number of benzene rings is 2. The molecule has 0 aliphatic rings. The van der Waals surface area contributed by atoms with Gasteiger partial charge in [0.05, 0.1) is 0 Å². The highest BCUT2D eigenvalue weighted by Gasteiger charge is 2.08. The van der Waals surface area contributed by atoms with Crippen molar-refractivity contribution in [3.63, 3.8) is 0 Å². The van der Waals surface area contributed by atoms with Gasteiger partial charge in [0.25, 0.3) is 0 Å². The summed E-state index contributed by atoms with van der Waals surface area (Å²) in [4.78, 5) is 5.22. The summed E-state index contributed by atoms with van der Waals surface area (Å²) in [5.74, 6) is 0. The monoisotopic (exact) mass is 492 g/mol. The van der Waals surface area contributed by atoms with E-state index in [1.54, 1.807) is 0 Å². The van der Waals surface area contributed by atoms with Crippen molar-refractivity contribution in [3.05, 3.63) is 59.7 Å². The summed E-state index contributed by atoms with van der Waals surface area (Å²) >= 11 is 0. The zero-order valence-corrected chi connectivity index (χ0v) is 24.2. The Bertz CT molecular complexity index is 677. The van der Waals surface area contributed by atoms with Crippen molar-refractivity contribution in [2.24, 2.45) is 0 Å². The molecule has 2 aromatic carbocycles. The Labute approximate surface area is 224 Å². The largest absolute Gasteiger partial charge is 0.372 e. The molecule has 2 rings (SSSR count). The van der Waals surface area contributed by atoms with Crippen LogP contribution in [-0.4, -0.2) is 26.2 Å². The van der Waals surface area contributed by atoms with E-state index < -0.39 is 0 Å². The molecule has 0 amide bonds. The summed E-state index contributed by atoms with van der Waals surface area (Å²) in [6.07, 6.45) is 17.9. The summed E-state index contributed by atoms with van der Waals surface area (Å²) in [6, 6.07) is 18.9. The highest BCUT2D eigenvalue weighted by Crippen LogP contribution is 2.21. The zero-order valence-electron chi connectivity index (χ0n) is 24.2. The Kier molecular flexibility index (Phi) is 16.1. The van der Waals surface area contributed by atoms with Gasteiger partial charge in [0.2, 0.25) is 0 Å². The van der Waals surface area contributed by atoms with Crippen LogP contribution in [0.25, 0.3) is 0 Å². The van der Waals surface area contributed by atoms with Crippen LogP contribution in [0.3, 0.4) is 0 Å². The predicted molar refractivity (Wildman–Crippen MR) is 163 cm³/mol. The van der Waals surface area contributed by atoms with E-state index in [-0.39, 0.29) is 0 Å². The fourth-order valence-corrected chi connectivity index (χ4v) is 4.99. The third kappa shape index (κ3) is 11.8. The van der Waals surface area contributed by atoms with Crippen molar-refractivity contribution in [2.45, 2.75) is 118 Å². The molecule has 2 aromatic rings. The maximum Gasteiger partial charge on any atom is 0.0366 e. The van der Waals surface area contributed by atoms with Crippen molar-refractivity contribution in [3.8, 4) is 0 Å². The summed E-state index contributed by atoms with van der Waals surface area (Å²) in [6.45, 7) is 13.9. The zero-order chi connectivity index (χ0) is 25.8. The van der Waals surface area contributed by atoms with E-state index in [1.807, 2.05) is 0 Å². The Morgan fingerprint density at radius 1 is 0.389 bits per heavy atom. The molecule has 0 aliphatic heterocycles. The number of nitrogens with zero attached hydrogens (tertiary/aromatic N) is 2. The molecular formula is C34H56N2. The second-order valence-electron chi connectivity index (χ2n) is 10.6. The second kappa shape index (κ2) is 19.2. The lowest BCUT2D eigenvalue weighted by Crippen LogP contribution is -2.25. The number of anilines is 2. The van der Waals surface area contributed by atoms with Crippen LogP contribution in [0.5, 0.6) is 0 Å². The van der Waals surface area contributed by atoms with Gasteiger partial charge in [-0.15, -0.1) is 0 Å². The highest BCUT2D eigenvalue weighted by molar-refractivity contribution is 5.49. The molecule has 2 nitrogen and oxygen atoms in total. The lowest BCUT2D eigenvalue weighted by atomic mass is 10.0. The third-order valence-electron chi connectivity index (χ3n) is 7.43. The molecule has 0 bridgehead atoms. The molecule has 2 heteroatoms. The molecule has 0 aliphatic carbocycles. The molecule has 0 fully saturated rings. The second-order valence-corrected chi connectivity index (χ2v) is 10.6. The average Bonchev–Trinajstić information content (AvgIpc) is 2.91. The first kappa shape index (κ1) is 30.3. The Morgan fingerprint density at radius 3 is 0.917 bits per heavy atom. The van der Waals surface area contributed by atoms with Gasteiger partial charge in [-0.2, -0.15) is 0 Å². The SMILES string of the molecule is CCCCCN(CCCCC)c1ccc(CCc2ccc(N(CCCCC)CCCCC)cc2)cc1. The standard InChI is InChI=1S/C34H56N2/c1-5-9-13-27-35(28-14-10-6-2)33-23-19-31(20-24-33)17-18-32-21-25-34(26-22-32)36(29-15-11-7-3)30-16-12-8-4/h19-26H,5-18,27-30H2,1-4H3. The molecule has 36 heavy (non-hydrogen) atoms. The molecule has 0 aromatic heterocycles. The number of hydrogen-bond donors (Lipinski definition) is 0. The first-order chi connectivity index (χ1) is 17.7. The Balaban J connectivity index is 1.91. The van der Waals surface area contributed by atoms with Gasteiger partial charge in [0.1, 0.15) is 0 Å². The summed E-state index contributed by atoms with van der Waals surface area (Å²) in [5, 5.41) is 0. The average molecular weight is 493 g/mol. The molecule has 0 atom stereocenters. The van der Waals surface area contributed by atoms with Crippen molar-refractivity contribution >= 4 is 11.4 Å². The van der Waals surface area contributed by atoms with Crippen LogP contribution in [0.1, 0.15) is 116 Å². The van der Waals surface area contributed by atoms with Gasteiger partial charge in [-0.05, 0) is 73.9 Å². The normalized spacial score (nSPS) is 11.1. The Hall–Kier alpha value is -1.96. The molecule has 0 radical (unpaired) electrons. The van der Waals surface area contributed by atoms with Gasteiger partial charge in [0.15, 0.2) is 0 Å². The lowest BCUT2D eigenvalue weighted by Gasteiger charge is -2.25. The molecule has 0 N–H and O–H groups in total. The van der Waals surface area contributed by atoms with E-state index in [9.17, 15) is 0 Å². The summed E-state index contributed by atoms with van der Waals surface area (Å²) < 4.78 is 0. The van der Waals surface area contributed by atoms with Crippen LogP contribution in [-0.2, 0) is 12.8 Å². The minimum atomic E-state index is 1.11. The van der Waals surface area contributed by atoms with Crippen molar-refractivity contribution in [2.75, 3.05) is 36.0 Å². The van der Waals surface area contributed by atoms with Crippen LogP contribution in [0.4, 0.5) is 11.4 Å². The van der Waals surface area contributed by atoms with E-state index in [4.69, 9.17) is 0 Å². The number of rotatable bonds is 21. The number of aryl methyl sites for hydroxylation is 2. The van der Waals surface area contributed by atoms with E-state index in [2.05, 4.69) is 86.0 Å². The van der Waals surface area contributed by atoms with Crippen LogP contribution in [0.2, 0.25) is 0 Å². The number of hydrogen-bond acceptors (Lipinski definition) is 2. The van der Waals surface area contributed by atoms with Crippen LogP contribution < -0.4 is 9.80 Å². The molecule has 202 valence electrons. The van der Waals surface area contributed by atoms with Gasteiger partial charge >= 0.3 is 0 Å². The maximum absolute atomic E-state index is 2.61. The van der Waals surface area contributed by atoms with Gasteiger partial charge < -0.3 is 9.80 Å². The van der Waals surface area contributed by atoms with E-state index >= 15 is 0 Å². The van der Waals surface area contributed by atoms with Crippen molar-refractivity contribution in [1.82, 2.24) is 0 Å². The van der Waals surface area contributed by atoms with Gasteiger partial charge in [-0.3, -0.25) is 0 Å². The number of unbranched alkanes of at least 4 members (excludes halogenated alkanes) is 8. The van der Waals surface area contributed by atoms with Crippen LogP contribution >= 0.6 is 0 Å². The first-order valence-electron chi connectivity index (χ1n) is 15.4. The molecule has 0 saturated heterocycles. The third-order valence-corrected chi connectivity index (χ3v) is 7.43. The maximum atomic E-state index is 2.61. The molecule has 0 saturated carbocycles. The quantitative estimate of drug-likeness (QED) is 0.160. The van der Waals surface area contributed by atoms with Crippen LogP contribution in [0, 0.1) is 0 Å². The molecular weight excluding hydrogens is 436 g/mol. The van der Waals surface area contributed by atoms with Crippen molar-refractivity contribution in [1.29, 1.82) is 0 Å². The van der Waals surface area contributed by atoms with Gasteiger partial charge in [-0.1, -0.05) is 103 Å². The Morgan fingerprint density at radius 2 is 0.667 bits per heavy atom. The minimum Gasteiger partial charge on any atom is -0.372 e. The molecule has 0 spiro atoms. The first-order valence-corrected chi connectivity index (χ1v) is 15.4. The van der Waals surface area contributed by atoms with E-state index in [0.29, 0.717) is 0 Å². The molecule has 0 heterocycles. The fraction of sp³-hybridized carbons (Fsp3) is 0.647. The van der Waals surface area contributed by atoms with Gasteiger partial charge in [0, 0.05) is 37.6 Å². The smallest absolute Gasteiger partial charge is 0.0366 e. The summed E-state index contributed by atoms with van der Waals surface area (Å²) in [7, 11) is 0. The van der Waals surface area contributed by atoms with Crippen molar-refractivity contribution < 1.29 is 0 Å². The predicted octanol–water partition coefficient (Wildman–Crippen LogP) is 9.85. The van der Waals surface area contributed by atoms with Gasteiger partial charge in [-0.25, -0.2) is 0 Å². The van der Waals surface area contributed by atoms with E-state index in [1.165, 1.54) is 126 Å². The van der Waals surface area contributed by atoms with E-state index in [0.717, 1.165) is 12.8 Å². The summed E-state index contributed by atoms with van der Waals surface area (Å²) in [5.41, 5.74) is 5.71. The fourth-order valence-electron chi connectivity index (χ4n) is 4.99. The minimum absolute atomic E-state index is 1.11. The lowest BCUT2D eigenvalue weighted by molar-refractivity contribution is 0.636. The topological polar surface area (TPSA) is 6.48 Å². The highest BCUT2D eigenvalue weighted by atomic mass is 15.1. The van der Waals surface area contributed by atoms with Crippen LogP contribution in [0.15, 0.2) is 48.5 Å².